The van der Waals surface area contributed by atoms with E-state index in [1.54, 1.807) is 12.2 Å². The van der Waals surface area contributed by atoms with E-state index < -0.39 is 29.1 Å². The summed E-state index contributed by atoms with van der Waals surface area (Å²) < 4.78 is 73.6. The van der Waals surface area contributed by atoms with Crippen molar-refractivity contribution in [1.82, 2.24) is 4.90 Å². The number of hydrogen-bond acceptors (Lipinski definition) is 6. The molecule has 0 spiro atoms. The summed E-state index contributed by atoms with van der Waals surface area (Å²) in [5.41, 5.74) is -5.47. The lowest BCUT2D eigenvalue weighted by Crippen LogP contribution is -2.58. The Hall–Kier alpha value is -1.33. The normalized spacial score (nSPS) is 34.9. The van der Waals surface area contributed by atoms with Crippen LogP contribution < -0.4 is 0 Å². The smallest absolute Gasteiger partial charge is 0.380 e. The topological polar surface area (TPSA) is 72.9 Å². The Morgan fingerprint density at radius 1 is 1.14 bits per heavy atom. The Kier molecular flexibility index (Phi) is 7.04. The van der Waals surface area contributed by atoms with Crippen molar-refractivity contribution < 1.29 is 35.3 Å². The molecule has 1 saturated carbocycles. The van der Waals surface area contributed by atoms with E-state index in [1.807, 2.05) is 6.92 Å². The number of rotatable bonds is 7. The minimum atomic E-state index is -5.72. The molecule has 0 aromatic carbocycles. The number of allylic oxidation sites excluding steroid dienone is 4. The highest BCUT2D eigenvalue weighted by Crippen LogP contribution is 2.64. The summed E-state index contributed by atoms with van der Waals surface area (Å²) in [6, 6.07) is 1.03. The van der Waals surface area contributed by atoms with Gasteiger partial charge in [0.2, 0.25) is 0 Å². The Morgan fingerprint density at radius 3 is 2.47 bits per heavy atom. The van der Waals surface area contributed by atoms with Crippen LogP contribution in [0.25, 0.3) is 0 Å². The lowest BCUT2D eigenvalue weighted by Gasteiger charge is -2.60. The molecular formula is C25H38F3NO5SSi. The predicted octanol–water partition coefficient (Wildman–Crippen LogP) is 5.67. The third-order valence-electron chi connectivity index (χ3n) is 9.04. The average Bonchev–Trinajstić information content (AvgIpc) is 3.06. The van der Waals surface area contributed by atoms with Gasteiger partial charge in [0.1, 0.15) is 12.5 Å². The SMILES string of the molecule is CC12CCC3C(CN(COCC[Si](C)(C)C)C4=CC(=O)CCC43C)C1CC=C2OS(=O)(=O)C(F)(F)F. The van der Waals surface area contributed by atoms with E-state index in [0.717, 1.165) is 24.6 Å². The molecule has 1 saturated heterocycles. The molecular weight excluding hydrogens is 511 g/mol. The van der Waals surface area contributed by atoms with Crippen LogP contribution in [0.5, 0.6) is 0 Å². The number of nitrogens with zero attached hydrogens (tertiary/aromatic N) is 1. The second-order valence-corrected chi connectivity index (χ2v) is 19.8. The van der Waals surface area contributed by atoms with E-state index in [-0.39, 0.29) is 34.7 Å². The van der Waals surface area contributed by atoms with Gasteiger partial charge in [-0.15, -0.1) is 0 Å². The first-order valence-electron chi connectivity index (χ1n) is 12.8. The molecule has 5 atom stereocenters. The number of halogens is 3. The first-order valence-corrected chi connectivity index (χ1v) is 17.9. The molecule has 6 nitrogen and oxygen atoms in total. The van der Waals surface area contributed by atoms with Gasteiger partial charge >= 0.3 is 15.6 Å². The van der Waals surface area contributed by atoms with Crippen LogP contribution in [0.4, 0.5) is 13.2 Å². The van der Waals surface area contributed by atoms with Gasteiger partial charge in [-0.3, -0.25) is 4.79 Å². The standard InChI is InChI=1S/C25H38F3NO5SSi/c1-23-10-8-17(30)14-21(23)29(16-33-12-13-36(3,4)5)15-18-19-6-7-22(24(19,2)11-9-20(18)23)34-35(31,32)25(26,27)28/h7,14,18-20H,6,8-13,15-16H2,1-5H3. The van der Waals surface area contributed by atoms with Gasteiger partial charge in [-0.05, 0) is 55.6 Å². The van der Waals surface area contributed by atoms with Crippen molar-refractivity contribution in [3.8, 4) is 0 Å². The maximum Gasteiger partial charge on any atom is 0.534 e. The van der Waals surface area contributed by atoms with Gasteiger partial charge < -0.3 is 13.8 Å². The Labute approximate surface area is 213 Å². The number of ketones is 1. The molecule has 3 aliphatic carbocycles. The van der Waals surface area contributed by atoms with Crippen molar-refractivity contribution >= 4 is 24.0 Å². The number of ether oxygens (including phenoxy) is 1. The summed E-state index contributed by atoms with van der Waals surface area (Å²) in [6.45, 7) is 12.5. The monoisotopic (exact) mass is 549 g/mol. The zero-order valence-corrected chi connectivity index (χ0v) is 23.6. The highest BCUT2D eigenvalue weighted by Gasteiger charge is 2.61. The molecule has 0 bridgehead atoms. The van der Waals surface area contributed by atoms with Crippen LogP contribution in [-0.4, -0.2) is 52.6 Å². The van der Waals surface area contributed by atoms with Crippen LogP contribution >= 0.6 is 0 Å². The van der Waals surface area contributed by atoms with E-state index >= 15 is 0 Å². The number of fused-ring (bicyclic) bond motifs is 5. The summed E-state index contributed by atoms with van der Waals surface area (Å²) in [7, 11) is -6.98. The minimum absolute atomic E-state index is 0.0461. The maximum atomic E-state index is 13.1. The van der Waals surface area contributed by atoms with E-state index in [2.05, 4.69) is 31.5 Å². The first kappa shape index (κ1) is 27.7. The molecule has 1 heterocycles. The van der Waals surface area contributed by atoms with Gasteiger partial charge in [0, 0.05) is 50.2 Å². The summed E-state index contributed by atoms with van der Waals surface area (Å²) in [5.74, 6) is 0.358. The molecule has 5 unspecified atom stereocenters. The third-order valence-corrected chi connectivity index (χ3v) is 11.7. The van der Waals surface area contributed by atoms with Gasteiger partial charge in [-0.2, -0.15) is 21.6 Å². The Balaban J connectivity index is 1.58. The summed E-state index contributed by atoms with van der Waals surface area (Å²) in [6.07, 6.45) is 6.27. The van der Waals surface area contributed by atoms with Crippen molar-refractivity contribution in [3.05, 3.63) is 23.6 Å². The zero-order chi connectivity index (χ0) is 26.7. The van der Waals surface area contributed by atoms with Crippen LogP contribution in [0.3, 0.4) is 0 Å². The molecule has 0 radical (unpaired) electrons. The van der Waals surface area contributed by atoms with Crippen LogP contribution in [0, 0.1) is 28.6 Å². The fourth-order valence-electron chi connectivity index (χ4n) is 6.91. The third kappa shape index (κ3) is 4.91. The molecule has 4 aliphatic rings. The van der Waals surface area contributed by atoms with E-state index in [1.165, 1.54) is 0 Å². The Bertz CT molecular complexity index is 1070. The van der Waals surface area contributed by atoms with Crippen LogP contribution in [0.2, 0.25) is 25.7 Å². The number of alkyl halides is 3. The van der Waals surface area contributed by atoms with Crippen molar-refractivity contribution in [2.75, 3.05) is 19.9 Å². The number of likely N-dealkylation sites (tertiary alicyclic amines) is 1. The van der Waals surface area contributed by atoms with Crippen molar-refractivity contribution in [2.24, 2.45) is 28.6 Å². The van der Waals surface area contributed by atoms with Crippen LogP contribution in [-0.2, 0) is 23.8 Å². The molecule has 0 aromatic rings. The molecule has 36 heavy (non-hydrogen) atoms. The van der Waals surface area contributed by atoms with Crippen molar-refractivity contribution in [2.45, 2.75) is 77.1 Å². The van der Waals surface area contributed by atoms with Gasteiger partial charge in [-0.1, -0.05) is 33.5 Å². The molecule has 0 aromatic heterocycles. The fraction of sp³-hybridized carbons (Fsp3) is 0.800. The highest BCUT2D eigenvalue weighted by molar-refractivity contribution is 7.87. The second kappa shape index (κ2) is 9.15. The van der Waals surface area contributed by atoms with Gasteiger partial charge in [0.05, 0.1) is 0 Å². The first-order chi connectivity index (χ1) is 16.5. The molecule has 2 fully saturated rings. The summed E-state index contributed by atoms with van der Waals surface area (Å²) in [5, 5.41) is 0. The minimum Gasteiger partial charge on any atom is -0.380 e. The van der Waals surface area contributed by atoms with E-state index in [4.69, 9.17) is 8.92 Å². The zero-order valence-electron chi connectivity index (χ0n) is 21.8. The maximum absolute atomic E-state index is 13.1. The fourth-order valence-corrected chi connectivity index (χ4v) is 8.26. The van der Waals surface area contributed by atoms with Crippen molar-refractivity contribution in [1.29, 1.82) is 0 Å². The van der Waals surface area contributed by atoms with Gasteiger partial charge in [0.25, 0.3) is 0 Å². The molecule has 204 valence electrons. The molecule has 4 rings (SSSR count). The lowest BCUT2D eigenvalue weighted by molar-refractivity contribution is -0.121. The van der Waals surface area contributed by atoms with Crippen molar-refractivity contribution in [3.63, 3.8) is 0 Å². The van der Waals surface area contributed by atoms with Crippen LogP contribution in [0.1, 0.15) is 46.0 Å². The summed E-state index contributed by atoms with van der Waals surface area (Å²) >= 11 is 0. The van der Waals surface area contributed by atoms with E-state index in [9.17, 15) is 26.4 Å². The van der Waals surface area contributed by atoms with E-state index in [0.29, 0.717) is 39.1 Å². The highest BCUT2D eigenvalue weighted by atomic mass is 32.2. The molecule has 11 heteroatoms. The molecule has 0 amide bonds. The number of hydrogen-bond donors (Lipinski definition) is 0. The Morgan fingerprint density at radius 2 is 1.83 bits per heavy atom. The number of carbonyl (C=O) groups excluding carboxylic acids is 1. The second-order valence-electron chi connectivity index (χ2n) is 12.6. The summed E-state index contributed by atoms with van der Waals surface area (Å²) in [4.78, 5) is 14.6. The van der Waals surface area contributed by atoms with Crippen LogP contribution in [0.15, 0.2) is 23.6 Å². The lowest BCUT2D eigenvalue weighted by atomic mass is 9.50. The number of piperidine rings is 1. The molecule has 0 N–H and O–H groups in total. The quantitative estimate of drug-likeness (QED) is 0.176. The number of carbonyl (C=O) groups is 1. The predicted molar refractivity (Wildman–Crippen MR) is 133 cm³/mol. The van der Waals surface area contributed by atoms with Gasteiger partial charge in [-0.25, -0.2) is 0 Å². The molecule has 1 aliphatic heterocycles. The average molecular weight is 550 g/mol. The van der Waals surface area contributed by atoms with Gasteiger partial charge in [0.15, 0.2) is 5.78 Å². The largest absolute Gasteiger partial charge is 0.534 e.